The fourth-order valence-corrected chi connectivity index (χ4v) is 3.23. The zero-order chi connectivity index (χ0) is 10.9. The zero-order valence-corrected chi connectivity index (χ0v) is 11.5. The van der Waals surface area contributed by atoms with Gasteiger partial charge in [-0.1, -0.05) is 26.2 Å². The molecule has 0 aromatic carbocycles. The molecular formula is C12H24ClNS. The Kier molecular flexibility index (Phi) is 7.94. The lowest BCUT2D eigenvalue weighted by Crippen LogP contribution is -2.39. The molecule has 0 heterocycles. The van der Waals surface area contributed by atoms with Gasteiger partial charge in [0.2, 0.25) is 0 Å². The van der Waals surface area contributed by atoms with E-state index in [4.69, 9.17) is 11.6 Å². The Morgan fingerprint density at radius 1 is 1.20 bits per heavy atom. The molecule has 90 valence electrons. The molecule has 0 unspecified atom stereocenters. The molecule has 1 nitrogen and oxygen atoms in total. The highest BCUT2D eigenvalue weighted by molar-refractivity contribution is 7.99. The molecule has 1 fully saturated rings. The lowest BCUT2D eigenvalue weighted by atomic mass is 9.94. The summed E-state index contributed by atoms with van der Waals surface area (Å²) in [5.41, 5.74) is 0. The Labute approximate surface area is 104 Å². The van der Waals surface area contributed by atoms with E-state index < -0.39 is 0 Å². The van der Waals surface area contributed by atoms with Crippen molar-refractivity contribution in [3.05, 3.63) is 0 Å². The van der Waals surface area contributed by atoms with E-state index in [2.05, 4.69) is 11.8 Å². The number of hydrogen-bond acceptors (Lipinski definition) is 2. The van der Waals surface area contributed by atoms with Gasteiger partial charge >= 0.3 is 0 Å². The first-order valence-electron chi connectivity index (χ1n) is 6.26. The molecule has 0 saturated heterocycles. The maximum atomic E-state index is 5.88. The summed E-state index contributed by atoms with van der Waals surface area (Å²) in [5.74, 6) is 3.29. The first kappa shape index (κ1) is 13.7. The number of halogens is 1. The average molecular weight is 250 g/mol. The summed E-state index contributed by atoms with van der Waals surface area (Å²) in [6.07, 6.45) is 7.07. The standard InChI is InChI=1S/C12H24ClNS/c1-2-15-11-10-14(9-8-13)12-6-4-3-5-7-12/h12H,2-11H2,1H3. The number of hydrogen-bond donors (Lipinski definition) is 0. The van der Waals surface area contributed by atoms with Gasteiger partial charge in [-0.3, -0.25) is 4.90 Å². The molecular weight excluding hydrogens is 226 g/mol. The maximum Gasteiger partial charge on any atom is 0.0351 e. The second kappa shape index (κ2) is 8.72. The van der Waals surface area contributed by atoms with Crippen molar-refractivity contribution in [3.8, 4) is 0 Å². The molecule has 0 N–H and O–H groups in total. The van der Waals surface area contributed by atoms with E-state index in [0.717, 1.165) is 18.5 Å². The van der Waals surface area contributed by atoms with Crippen LogP contribution in [0.3, 0.4) is 0 Å². The van der Waals surface area contributed by atoms with Gasteiger partial charge in [0.15, 0.2) is 0 Å². The van der Waals surface area contributed by atoms with Crippen LogP contribution in [0.5, 0.6) is 0 Å². The summed E-state index contributed by atoms with van der Waals surface area (Å²) < 4.78 is 0. The third kappa shape index (κ3) is 5.46. The van der Waals surface area contributed by atoms with E-state index in [0.29, 0.717) is 0 Å². The van der Waals surface area contributed by atoms with Crippen LogP contribution in [0, 0.1) is 0 Å². The number of alkyl halides is 1. The molecule has 1 aliphatic rings. The van der Waals surface area contributed by atoms with Crippen LogP contribution in [0.25, 0.3) is 0 Å². The minimum Gasteiger partial charge on any atom is -0.298 e. The van der Waals surface area contributed by atoms with Crippen LogP contribution in [0.15, 0.2) is 0 Å². The Balaban J connectivity index is 2.26. The lowest BCUT2D eigenvalue weighted by molar-refractivity contribution is 0.174. The predicted octanol–water partition coefficient (Wildman–Crippen LogP) is 3.61. The van der Waals surface area contributed by atoms with Crippen molar-refractivity contribution >= 4 is 23.4 Å². The van der Waals surface area contributed by atoms with Crippen LogP contribution in [-0.4, -0.2) is 41.4 Å². The zero-order valence-electron chi connectivity index (χ0n) is 9.88. The lowest BCUT2D eigenvalue weighted by Gasteiger charge is -2.33. The molecule has 0 amide bonds. The van der Waals surface area contributed by atoms with Gasteiger partial charge in [-0.15, -0.1) is 11.6 Å². The summed E-state index contributed by atoms with van der Waals surface area (Å²) in [4.78, 5) is 2.62. The van der Waals surface area contributed by atoms with E-state index in [9.17, 15) is 0 Å². The molecule has 1 rings (SSSR count). The smallest absolute Gasteiger partial charge is 0.0351 e. The first-order chi connectivity index (χ1) is 7.38. The molecule has 0 aromatic rings. The quantitative estimate of drug-likeness (QED) is 0.501. The number of thioether (sulfide) groups is 1. The predicted molar refractivity (Wildman–Crippen MR) is 72.2 cm³/mol. The van der Waals surface area contributed by atoms with E-state index in [-0.39, 0.29) is 0 Å². The minimum atomic E-state index is 0.785. The van der Waals surface area contributed by atoms with Crippen molar-refractivity contribution in [3.63, 3.8) is 0 Å². The van der Waals surface area contributed by atoms with Crippen molar-refractivity contribution in [2.75, 3.05) is 30.5 Å². The SMILES string of the molecule is CCSCCN(CCCl)C1CCCCC1. The Morgan fingerprint density at radius 2 is 1.93 bits per heavy atom. The number of rotatable bonds is 7. The summed E-state index contributed by atoms with van der Waals surface area (Å²) in [6.45, 7) is 4.55. The van der Waals surface area contributed by atoms with E-state index >= 15 is 0 Å². The highest BCUT2D eigenvalue weighted by atomic mass is 35.5. The van der Waals surface area contributed by atoms with Gasteiger partial charge in [0.1, 0.15) is 0 Å². The van der Waals surface area contributed by atoms with Gasteiger partial charge in [-0.25, -0.2) is 0 Å². The van der Waals surface area contributed by atoms with Crippen molar-refractivity contribution in [1.29, 1.82) is 0 Å². The Bertz CT molecular complexity index is 149. The topological polar surface area (TPSA) is 3.24 Å². The normalized spacial score (nSPS) is 18.6. The Hall–Kier alpha value is 0.600. The van der Waals surface area contributed by atoms with E-state index in [1.165, 1.54) is 50.2 Å². The van der Waals surface area contributed by atoms with Crippen LogP contribution >= 0.6 is 23.4 Å². The highest BCUT2D eigenvalue weighted by Crippen LogP contribution is 2.22. The molecule has 15 heavy (non-hydrogen) atoms. The highest BCUT2D eigenvalue weighted by Gasteiger charge is 2.19. The summed E-state index contributed by atoms with van der Waals surface area (Å²) in [5, 5.41) is 0. The molecule has 1 saturated carbocycles. The maximum absolute atomic E-state index is 5.88. The average Bonchev–Trinajstić information content (AvgIpc) is 2.29. The third-order valence-corrected chi connectivity index (χ3v) is 4.24. The summed E-state index contributed by atoms with van der Waals surface area (Å²) >= 11 is 7.92. The fraction of sp³-hybridized carbons (Fsp3) is 1.00. The second-order valence-corrected chi connectivity index (χ2v) is 5.99. The van der Waals surface area contributed by atoms with Gasteiger partial charge < -0.3 is 0 Å². The fourth-order valence-electron chi connectivity index (χ4n) is 2.36. The molecule has 1 aliphatic carbocycles. The van der Waals surface area contributed by atoms with Crippen LogP contribution in [0.2, 0.25) is 0 Å². The van der Waals surface area contributed by atoms with Crippen molar-refractivity contribution in [2.24, 2.45) is 0 Å². The molecule has 0 spiro atoms. The van der Waals surface area contributed by atoms with Crippen molar-refractivity contribution < 1.29 is 0 Å². The molecule has 0 aromatic heterocycles. The molecule has 3 heteroatoms. The largest absolute Gasteiger partial charge is 0.298 e. The van der Waals surface area contributed by atoms with Crippen molar-refractivity contribution in [1.82, 2.24) is 4.90 Å². The summed E-state index contributed by atoms with van der Waals surface area (Å²) in [7, 11) is 0. The third-order valence-electron chi connectivity index (χ3n) is 3.19. The van der Waals surface area contributed by atoms with Gasteiger partial charge in [0, 0.05) is 30.8 Å². The van der Waals surface area contributed by atoms with E-state index in [1.54, 1.807) is 0 Å². The van der Waals surface area contributed by atoms with Crippen LogP contribution in [0.1, 0.15) is 39.0 Å². The summed E-state index contributed by atoms with van der Waals surface area (Å²) in [6, 6.07) is 0.829. The monoisotopic (exact) mass is 249 g/mol. The first-order valence-corrected chi connectivity index (χ1v) is 7.95. The number of nitrogens with zero attached hydrogens (tertiary/aromatic N) is 1. The van der Waals surface area contributed by atoms with Crippen LogP contribution in [-0.2, 0) is 0 Å². The van der Waals surface area contributed by atoms with Crippen molar-refractivity contribution in [2.45, 2.75) is 45.1 Å². The van der Waals surface area contributed by atoms with Crippen LogP contribution in [0.4, 0.5) is 0 Å². The second-order valence-electron chi connectivity index (χ2n) is 4.21. The molecule has 0 aliphatic heterocycles. The van der Waals surface area contributed by atoms with Crippen LogP contribution < -0.4 is 0 Å². The molecule has 0 atom stereocenters. The molecule has 0 bridgehead atoms. The minimum absolute atomic E-state index is 0.785. The van der Waals surface area contributed by atoms with E-state index in [1.807, 2.05) is 11.8 Å². The Morgan fingerprint density at radius 3 is 2.53 bits per heavy atom. The van der Waals surface area contributed by atoms with Gasteiger partial charge in [0.05, 0.1) is 0 Å². The van der Waals surface area contributed by atoms with Gasteiger partial charge in [-0.2, -0.15) is 11.8 Å². The van der Waals surface area contributed by atoms with Gasteiger partial charge in [-0.05, 0) is 18.6 Å². The molecule has 0 radical (unpaired) electrons. The van der Waals surface area contributed by atoms with Gasteiger partial charge in [0.25, 0.3) is 0 Å².